The number of benzene rings is 1. The first-order chi connectivity index (χ1) is 8.31. The summed E-state index contributed by atoms with van der Waals surface area (Å²) in [4.78, 5) is 13.6. The molecular formula is C13H17NO3. The lowest BCUT2D eigenvalue weighted by Gasteiger charge is -2.23. The molecule has 0 saturated carbocycles. The van der Waals surface area contributed by atoms with Crippen molar-refractivity contribution in [3.8, 4) is 5.75 Å². The van der Waals surface area contributed by atoms with Crippen LogP contribution in [0.4, 0.5) is 4.79 Å². The second kappa shape index (κ2) is 5.68. The van der Waals surface area contributed by atoms with E-state index < -0.39 is 0 Å². The molecule has 0 aliphatic carbocycles. The molecule has 1 aromatic rings. The molecule has 1 aliphatic heterocycles. The third-order valence-corrected chi connectivity index (χ3v) is 2.74. The highest BCUT2D eigenvalue weighted by atomic mass is 16.6. The number of likely N-dealkylation sites (tertiary alicyclic amines) is 1. The van der Waals surface area contributed by atoms with Gasteiger partial charge in [0.15, 0.2) is 0 Å². The molecular weight excluding hydrogens is 218 g/mol. The van der Waals surface area contributed by atoms with E-state index in [0.717, 1.165) is 12.8 Å². The Hall–Kier alpha value is -1.55. The minimum absolute atomic E-state index is 0.129. The van der Waals surface area contributed by atoms with Crippen molar-refractivity contribution in [1.82, 2.24) is 4.90 Å². The number of amides is 1. The van der Waals surface area contributed by atoms with Crippen LogP contribution in [0.3, 0.4) is 0 Å². The van der Waals surface area contributed by atoms with Gasteiger partial charge in [0, 0.05) is 13.2 Å². The van der Waals surface area contributed by atoms with E-state index in [9.17, 15) is 4.79 Å². The maximum absolute atomic E-state index is 11.9. The summed E-state index contributed by atoms with van der Waals surface area (Å²) >= 11 is 0. The number of carbonyl (C=O) groups is 1. The predicted molar refractivity (Wildman–Crippen MR) is 63.8 cm³/mol. The number of para-hydroxylation sites is 1. The average molecular weight is 235 g/mol. The molecule has 0 N–H and O–H groups in total. The highest BCUT2D eigenvalue weighted by Gasteiger charge is 2.30. The van der Waals surface area contributed by atoms with Gasteiger partial charge in [0.05, 0.1) is 0 Å². The minimum atomic E-state index is -0.327. The SMILES string of the molecule is CCOC1CCCN1C(=O)Oc1ccccc1. The quantitative estimate of drug-likeness (QED) is 0.808. The molecule has 1 fully saturated rings. The maximum Gasteiger partial charge on any atom is 0.417 e. The molecule has 1 aromatic carbocycles. The van der Waals surface area contributed by atoms with Crippen molar-refractivity contribution < 1.29 is 14.3 Å². The molecule has 1 saturated heterocycles. The molecule has 92 valence electrons. The van der Waals surface area contributed by atoms with E-state index in [2.05, 4.69) is 0 Å². The molecule has 1 aliphatic rings. The molecule has 1 amide bonds. The first-order valence-corrected chi connectivity index (χ1v) is 5.96. The fourth-order valence-electron chi connectivity index (χ4n) is 1.96. The van der Waals surface area contributed by atoms with Gasteiger partial charge in [-0.05, 0) is 31.9 Å². The van der Waals surface area contributed by atoms with Gasteiger partial charge in [0.2, 0.25) is 0 Å². The van der Waals surface area contributed by atoms with Crippen molar-refractivity contribution in [3.63, 3.8) is 0 Å². The van der Waals surface area contributed by atoms with Gasteiger partial charge in [-0.15, -0.1) is 0 Å². The van der Waals surface area contributed by atoms with E-state index in [1.807, 2.05) is 25.1 Å². The number of carbonyl (C=O) groups excluding carboxylic acids is 1. The van der Waals surface area contributed by atoms with Gasteiger partial charge in [0.1, 0.15) is 12.0 Å². The van der Waals surface area contributed by atoms with Crippen LogP contribution in [0, 0.1) is 0 Å². The second-order valence-electron chi connectivity index (χ2n) is 3.93. The van der Waals surface area contributed by atoms with Crippen LogP contribution < -0.4 is 4.74 Å². The van der Waals surface area contributed by atoms with Crippen LogP contribution in [0.15, 0.2) is 30.3 Å². The Kier molecular flexibility index (Phi) is 3.98. The molecule has 17 heavy (non-hydrogen) atoms. The van der Waals surface area contributed by atoms with Gasteiger partial charge in [0.25, 0.3) is 0 Å². The summed E-state index contributed by atoms with van der Waals surface area (Å²) in [6, 6.07) is 9.10. The van der Waals surface area contributed by atoms with Crippen LogP contribution >= 0.6 is 0 Å². The monoisotopic (exact) mass is 235 g/mol. The van der Waals surface area contributed by atoms with Crippen LogP contribution in [0.2, 0.25) is 0 Å². The zero-order valence-corrected chi connectivity index (χ0v) is 9.96. The Morgan fingerprint density at radius 1 is 1.41 bits per heavy atom. The molecule has 4 nitrogen and oxygen atoms in total. The van der Waals surface area contributed by atoms with Crippen molar-refractivity contribution in [3.05, 3.63) is 30.3 Å². The number of hydrogen-bond acceptors (Lipinski definition) is 3. The molecule has 2 rings (SSSR count). The lowest BCUT2D eigenvalue weighted by molar-refractivity contribution is -0.0179. The molecule has 0 spiro atoms. The summed E-state index contributed by atoms with van der Waals surface area (Å²) in [6.45, 7) is 3.25. The fourth-order valence-corrected chi connectivity index (χ4v) is 1.96. The van der Waals surface area contributed by atoms with E-state index >= 15 is 0 Å². The van der Waals surface area contributed by atoms with Crippen LogP contribution in [0.25, 0.3) is 0 Å². The maximum atomic E-state index is 11.9. The molecule has 0 aromatic heterocycles. The van der Waals surface area contributed by atoms with Crippen molar-refractivity contribution >= 4 is 6.09 Å². The minimum Gasteiger partial charge on any atom is -0.410 e. The highest BCUT2D eigenvalue weighted by molar-refractivity contribution is 5.71. The van der Waals surface area contributed by atoms with Gasteiger partial charge in [-0.2, -0.15) is 0 Å². The summed E-state index contributed by atoms with van der Waals surface area (Å²) < 4.78 is 10.8. The topological polar surface area (TPSA) is 38.8 Å². The third-order valence-electron chi connectivity index (χ3n) is 2.74. The molecule has 1 atom stereocenters. The predicted octanol–water partition coefficient (Wildman–Crippen LogP) is 2.64. The zero-order chi connectivity index (χ0) is 12.1. The lowest BCUT2D eigenvalue weighted by atomic mass is 10.3. The molecule has 4 heteroatoms. The van der Waals surface area contributed by atoms with Gasteiger partial charge in [-0.25, -0.2) is 4.79 Å². The summed E-state index contributed by atoms with van der Waals surface area (Å²) in [6.07, 6.45) is 1.40. The average Bonchev–Trinajstić information content (AvgIpc) is 2.79. The van der Waals surface area contributed by atoms with Crippen molar-refractivity contribution in [2.24, 2.45) is 0 Å². The van der Waals surface area contributed by atoms with Gasteiger partial charge < -0.3 is 9.47 Å². The van der Waals surface area contributed by atoms with Crippen LogP contribution in [0.1, 0.15) is 19.8 Å². The van der Waals surface area contributed by atoms with E-state index in [-0.39, 0.29) is 12.3 Å². The summed E-state index contributed by atoms with van der Waals surface area (Å²) in [5.41, 5.74) is 0. The number of ether oxygens (including phenoxy) is 2. The number of hydrogen-bond donors (Lipinski definition) is 0. The molecule has 1 heterocycles. The van der Waals surface area contributed by atoms with Crippen LogP contribution in [0.5, 0.6) is 5.75 Å². The van der Waals surface area contributed by atoms with Gasteiger partial charge >= 0.3 is 6.09 Å². The molecule has 0 radical (unpaired) electrons. The third kappa shape index (κ3) is 2.97. The zero-order valence-electron chi connectivity index (χ0n) is 9.96. The number of nitrogens with zero attached hydrogens (tertiary/aromatic N) is 1. The normalized spacial score (nSPS) is 19.4. The van der Waals surface area contributed by atoms with Crippen molar-refractivity contribution in [2.75, 3.05) is 13.2 Å². The Labute approximate surface area is 101 Å². The van der Waals surface area contributed by atoms with E-state index in [1.165, 1.54) is 0 Å². The number of rotatable bonds is 3. The van der Waals surface area contributed by atoms with E-state index in [1.54, 1.807) is 17.0 Å². The largest absolute Gasteiger partial charge is 0.417 e. The second-order valence-corrected chi connectivity index (χ2v) is 3.93. The summed E-state index contributed by atoms with van der Waals surface area (Å²) in [5.74, 6) is 0.569. The van der Waals surface area contributed by atoms with Gasteiger partial charge in [-0.1, -0.05) is 18.2 Å². The molecule has 1 unspecified atom stereocenters. The Balaban J connectivity index is 1.95. The lowest BCUT2D eigenvalue weighted by Crippen LogP contribution is -2.39. The van der Waals surface area contributed by atoms with Crippen molar-refractivity contribution in [2.45, 2.75) is 26.0 Å². The van der Waals surface area contributed by atoms with E-state index in [4.69, 9.17) is 9.47 Å². The molecule has 0 bridgehead atoms. The van der Waals surface area contributed by atoms with Crippen LogP contribution in [-0.2, 0) is 4.74 Å². The Bertz CT molecular complexity index is 366. The summed E-state index contributed by atoms with van der Waals surface area (Å²) in [7, 11) is 0. The standard InChI is InChI=1S/C13H17NO3/c1-2-16-12-9-6-10-14(12)13(15)17-11-7-4-3-5-8-11/h3-5,7-8,12H,2,6,9-10H2,1H3. The smallest absolute Gasteiger partial charge is 0.410 e. The summed E-state index contributed by atoms with van der Waals surface area (Å²) in [5, 5.41) is 0. The van der Waals surface area contributed by atoms with E-state index in [0.29, 0.717) is 18.9 Å². The Morgan fingerprint density at radius 3 is 2.88 bits per heavy atom. The van der Waals surface area contributed by atoms with Crippen molar-refractivity contribution in [1.29, 1.82) is 0 Å². The first kappa shape index (κ1) is 11.9. The van der Waals surface area contributed by atoms with Gasteiger partial charge in [-0.3, -0.25) is 4.90 Å². The van der Waals surface area contributed by atoms with Crippen LogP contribution in [-0.4, -0.2) is 30.4 Å². The fraction of sp³-hybridized carbons (Fsp3) is 0.462. The first-order valence-electron chi connectivity index (χ1n) is 5.96. The Morgan fingerprint density at radius 2 is 2.18 bits per heavy atom. The highest BCUT2D eigenvalue weighted by Crippen LogP contribution is 2.20.